The van der Waals surface area contributed by atoms with Crippen LogP contribution in [0.25, 0.3) is 0 Å². The molecule has 0 radical (unpaired) electrons. The first kappa shape index (κ1) is 17.9. The first-order chi connectivity index (χ1) is 12.0. The lowest BCUT2D eigenvalue weighted by Gasteiger charge is -2.09. The van der Waals surface area contributed by atoms with Crippen molar-refractivity contribution < 1.29 is 19.2 Å². The van der Waals surface area contributed by atoms with E-state index in [0.717, 1.165) is 0 Å². The second-order valence-corrected chi connectivity index (χ2v) is 4.99. The van der Waals surface area contributed by atoms with Crippen LogP contribution in [0.15, 0.2) is 41.5 Å². The minimum atomic E-state index is -0.542. The zero-order valence-electron chi connectivity index (χ0n) is 14.0. The minimum Gasteiger partial charge on any atom is -0.493 e. The fraction of sp³-hybridized carbons (Fsp3) is 0.176. The Morgan fingerprint density at radius 2 is 1.92 bits per heavy atom. The number of amides is 1. The Bertz CT molecular complexity index is 833. The molecular weight excluding hydrogens is 326 g/mol. The smallest absolute Gasteiger partial charge is 0.273 e. The summed E-state index contributed by atoms with van der Waals surface area (Å²) in [5.41, 5.74) is 3.31. The maximum absolute atomic E-state index is 12.2. The minimum absolute atomic E-state index is 0.119. The Hall–Kier alpha value is -3.42. The molecule has 2 aromatic carbocycles. The predicted molar refractivity (Wildman–Crippen MR) is 92.4 cm³/mol. The topological polar surface area (TPSA) is 103 Å². The molecule has 130 valence electrons. The van der Waals surface area contributed by atoms with E-state index in [0.29, 0.717) is 17.1 Å². The number of hydrogen-bond donors (Lipinski definition) is 1. The Morgan fingerprint density at radius 3 is 2.56 bits per heavy atom. The molecule has 0 bridgehead atoms. The first-order valence-corrected chi connectivity index (χ1v) is 7.28. The van der Waals surface area contributed by atoms with Crippen molar-refractivity contribution in [2.75, 3.05) is 14.2 Å². The molecule has 0 atom stereocenters. The molecule has 0 aliphatic carbocycles. The molecule has 0 unspecified atom stereocenters. The van der Waals surface area contributed by atoms with Gasteiger partial charge in [0.2, 0.25) is 0 Å². The van der Waals surface area contributed by atoms with Crippen LogP contribution in [0.1, 0.15) is 21.5 Å². The number of hydrogen-bond acceptors (Lipinski definition) is 6. The molecule has 1 N–H and O–H groups in total. The summed E-state index contributed by atoms with van der Waals surface area (Å²) in [6.45, 7) is 1.52. The van der Waals surface area contributed by atoms with Crippen molar-refractivity contribution in [2.45, 2.75) is 6.92 Å². The largest absolute Gasteiger partial charge is 0.493 e. The summed E-state index contributed by atoms with van der Waals surface area (Å²) in [4.78, 5) is 22.6. The lowest BCUT2D eigenvalue weighted by Crippen LogP contribution is -2.19. The van der Waals surface area contributed by atoms with Crippen molar-refractivity contribution in [3.8, 4) is 11.5 Å². The summed E-state index contributed by atoms with van der Waals surface area (Å²) in [6.07, 6.45) is 1.41. The fourth-order valence-electron chi connectivity index (χ4n) is 2.30. The molecular formula is C17H17N3O5. The van der Waals surface area contributed by atoms with Crippen LogP contribution in [0, 0.1) is 17.0 Å². The highest BCUT2D eigenvalue weighted by Crippen LogP contribution is 2.29. The summed E-state index contributed by atoms with van der Waals surface area (Å²) in [6, 6.07) is 9.54. The molecule has 0 fully saturated rings. The molecule has 8 nitrogen and oxygen atoms in total. The van der Waals surface area contributed by atoms with Crippen LogP contribution >= 0.6 is 0 Å². The highest BCUT2D eigenvalue weighted by Gasteiger charge is 2.17. The molecule has 0 spiro atoms. The van der Waals surface area contributed by atoms with Gasteiger partial charge in [0.15, 0.2) is 11.5 Å². The van der Waals surface area contributed by atoms with E-state index in [1.807, 2.05) is 0 Å². The zero-order valence-corrected chi connectivity index (χ0v) is 14.0. The number of hydrazone groups is 1. The molecule has 0 aliphatic heterocycles. The first-order valence-electron chi connectivity index (χ1n) is 7.28. The molecule has 8 heteroatoms. The van der Waals surface area contributed by atoms with Crippen molar-refractivity contribution in [1.29, 1.82) is 0 Å². The van der Waals surface area contributed by atoms with E-state index >= 15 is 0 Å². The number of carbonyl (C=O) groups excluding carboxylic acids is 1. The van der Waals surface area contributed by atoms with E-state index < -0.39 is 10.8 Å². The van der Waals surface area contributed by atoms with Gasteiger partial charge in [0.05, 0.1) is 30.9 Å². The molecule has 0 aromatic heterocycles. The second kappa shape index (κ2) is 7.91. The van der Waals surface area contributed by atoms with Gasteiger partial charge in [0.1, 0.15) is 0 Å². The van der Waals surface area contributed by atoms with Gasteiger partial charge >= 0.3 is 0 Å². The number of nitrogens with zero attached hydrogens (tertiary/aromatic N) is 2. The van der Waals surface area contributed by atoms with E-state index in [4.69, 9.17) is 9.47 Å². The number of rotatable bonds is 6. The van der Waals surface area contributed by atoms with E-state index in [2.05, 4.69) is 10.5 Å². The predicted octanol–water partition coefficient (Wildman–Crippen LogP) is 2.68. The number of nitro groups is 1. The summed E-state index contributed by atoms with van der Waals surface area (Å²) in [5, 5.41) is 14.8. The van der Waals surface area contributed by atoms with Crippen LogP contribution in [0.4, 0.5) is 5.69 Å². The Morgan fingerprint density at radius 1 is 1.20 bits per heavy atom. The number of ether oxygens (including phenoxy) is 2. The molecule has 25 heavy (non-hydrogen) atoms. The maximum atomic E-state index is 12.2. The van der Waals surface area contributed by atoms with Crippen LogP contribution in [-0.4, -0.2) is 31.3 Å². The second-order valence-electron chi connectivity index (χ2n) is 4.99. The lowest BCUT2D eigenvalue weighted by molar-refractivity contribution is -0.385. The molecule has 1 amide bonds. The van der Waals surface area contributed by atoms with E-state index in [9.17, 15) is 14.9 Å². The van der Waals surface area contributed by atoms with Crippen molar-refractivity contribution in [2.24, 2.45) is 5.10 Å². The normalized spacial score (nSPS) is 10.5. The maximum Gasteiger partial charge on any atom is 0.273 e. The van der Waals surface area contributed by atoms with Crippen molar-refractivity contribution in [3.63, 3.8) is 0 Å². The van der Waals surface area contributed by atoms with Gasteiger partial charge < -0.3 is 9.47 Å². The van der Waals surface area contributed by atoms with Gasteiger partial charge in [0, 0.05) is 17.2 Å². The highest BCUT2D eigenvalue weighted by atomic mass is 16.6. The summed E-state index contributed by atoms with van der Waals surface area (Å²) >= 11 is 0. The van der Waals surface area contributed by atoms with E-state index in [1.54, 1.807) is 18.2 Å². The van der Waals surface area contributed by atoms with E-state index in [1.165, 1.54) is 45.6 Å². The van der Waals surface area contributed by atoms with Gasteiger partial charge in [-0.25, -0.2) is 5.43 Å². The third-order valence-corrected chi connectivity index (χ3v) is 3.55. The van der Waals surface area contributed by atoms with Crippen LogP contribution in [0.2, 0.25) is 0 Å². The molecule has 0 aliphatic rings. The number of benzene rings is 2. The molecule has 2 aromatic rings. The van der Waals surface area contributed by atoms with Gasteiger partial charge in [-0.05, 0) is 25.1 Å². The lowest BCUT2D eigenvalue weighted by atomic mass is 10.1. The Balaban J connectivity index is 2.20. The van der Waals surface area contributed by atoms with Crippen LogP contribution < -0.4 is 14.9 Å². The fourth-order valence-corrected chi connectivity index (χ4v) is 2.30. The Kier molecular flexibility index (Phi) is 5.67. The number of para-hydroxylation sites is 1. The Labute approximate surface area is 144 Å². The molecule has 0 heterocycles. The number of methoxy groups -OCH3 is 2. The van der Waals surface area contributed by atoms with Crippen molar-refractivity contribution >= 4 is 17.8 Å². The number of nitro benzene ring substituents is 1. The average Bonchev–Trinajstić information content (AvgIpc) is 2.61. The van der Waals surface area contributed by atoms with E-state index in [-0.39, 0.29) is 16.8 Å². The average molecular weight is 343 g/mol. The zero-order chi connectivity index (χ0) is 18.4. The van der Waals surface area contributed by atoms with Gasteiger partial charge in [-0.3, -0.25) is 14.9 Å². The van der Waals surface area contributed by atoms with Crippen LogP contribution in [-0.2, 0) is 0 Å². The third-order valence-electron chi connectivity index (χ3n) is 3.55. The summed E-state index contributed by atoms with van der Waals surface area (Å²) < 4.78 is 10.5. The SMILES string of the molecule is COc1cccc(/C=N\NC(=O)c2cccc([N+](=O)[O-])c2C)c1OC. The quantitative estimate of drug-likeness (QED) is 0.493. The van der Waals surface area contributed by atoms with Gasteiger partial charge in [0.25, 0.3) is 11.6 Å². The number of nitrogens with one attached hydrogen (secondary N) is 1. The van der Waals surface area contributed by atoms with Gasteiger partial charge in [-0.1, -0.05) is 12.1 Å². The van der Waals surface area contributed by atoms with Gasteiger partial charge in [-0.2, -0.15) is 5.10 Å². The third kappa shape index (κ3) is 3.92. The summed E-state index contributed by atoms with van der Waals surface area (Å²) in [5.74, 6) is 0.473. The number of carbonyl (C=O) groups is 1. The van der Waals surface area contributed by atoms with Crippen LogP contribution in [0.5, 0.6) is 11.5 Å². The van der Waals surface area contributed by atoms with Crippen LogP contribution in [0.3, 0.4) is 0 Å². The van der Waals surface area contributed by atoms with Crippen molar-refractivity contribution in [1.82, 2.24) is 5.43 Å². The van der Waals surface area contributed by atoms with Gasteiger partial charge in [-0.15, -0.1) is 0 Å². The summed E-state index contributed by atoms with van der Waals surface area (Å²) in [7, 11) is 3.02. The monoisotopic (exact) mass is 343 g/mol. The standard InChI is InChI=1S/C17H17N3O5/c1-11-13(7-5-8-14(11)20(22)23)17(21)19-18-10-12-6-4-9-15(24-2)16(12)25-3/h4-10H,1-3H3,(H,19,21)/b18-10-. The molecule has 2 rings (SSSR count). The van der Waals surface area contributed by atoms with Crippen molar-refractivity contribution in [3.05, 3.63) is 63.2 Å². The molecule has 0 saturated heterocycles. The molecule has 0 saturated carbocycles. The highest BCUT2D eigenvalue weighted by molar-refractivity contribution is 5.97.